The third-order valence-electron chi connectivity index (χ3n) is 2.63. The number of hydrogen-bond donors (Lipinski definition) is 1. The molecule has 1 aromatic carbocycles. The molecule has 4 nitrogen and oxygen atoms in total. The van der Waals surface area contributed by atoms with Crippen LogP contribution in [0.2, 0.25) is 0 Å². The molecule has 4 heteroatoms. The second-order valence-corrected chi connectivity index (χ2v) is 3.76. The predicted molar refractivity (Wildman–Crippen MR) is 65.1 cm³/mol. The summed E-state index contributed by atoms with van der Waals surface area (Å²) in [5.74, 6) is 0.901. The highest BCUT2D eigenvalue weighted by Gasteiger charge is 2.15. The van der Waals surface area contributed by atoms with Crippen molar-refractivity contribution in [1.29, 1.82) is 0 Å². The van der Waals surface area contributed by atoms with Gasteiger partial charge in [-0.15, -0.1) is 0 Å². The first-order valence-electron chi connectivity index (χ1n) is 5.66. The lowest BCUT2D eigenvalue weighted by Gasteiger charge is -2.30. The van der Waals surface area contributed by atoms with Crippen LogP contribution in [-0.2, 0) is 4.74 Å². The summed E-state index contributed by atoms with van der Waals surface area (Å²) in [5.41, 5.74) is 7.66. The van der Waals surface area contributed by atoms with Gasteiger partial charge in [0.25, 0.3) is 0 Å². The van der Waals surface area contributed by atoms with Crippen molar-refractivity contribution in [2.45, 2.75) is 6.92 Å². The average molecular weight is 222 g/mol. The number of morpholine rings is 1. The fraction of sp³-hybridized carbons (Fsp3) is 0.500. The van der Waals surface area contributed by atoms with Crippen LogP contribution in [-0.4, -0.2) is 32.9 Å². The maximum Gasteiger partial charge on any atom is 0.142 e. The first kappa shape index (κ1) is 11.1. The molecule has 0 unspecified atom stereocenters. The molecule has 2 rings (SSSR count). The zero-order valence-corrected chi connectivity index (χ0v) is 9.61. The summed E-state index contributed by atoms with van der Waals surface area (Å²) >= 11 is 0. The van der Waals surface area contributed by atoms with Crippen LogP contribution in [0.15, 0.2) is 18.2 Å². The second kappa shape index (κ2) is 5.07. The van der Waals surface area contributed by atoms with Gasteiger partial charge in [0.15, 0.2) is 0 Å². The van der Waals surface area contributed by atoms with Gasteiger partial charge in [0.05, 0.1) is 25.5 Å². The van der Waals surface area contributed by atoms with E-state index in [1.54, 1.807) is 0 Å². The maximum atomic E-state index is 5.82. The molecule has 1 saturated heterocycles. The van der Waals surface area contributed by atoms with Crippen LogP contribution in [0.25, 0.3) is 0 Å². The Morgan fingerprint density at radius 2 is 2.12 bits per heavy atom. The van der Waals surface area contributed by atoms with Crippen molar-refractivity contribution in [1.82, 2.24) is 0 Å². The molecule has 0 amide bonds. The standard InChI is InChI=1S/C12H18N2O2/c1-2-16-12-4-3-10(13)9-11(12)14-5-7-15-8-6-14/h3-4,9H,2,5-8,13H2,1H3. The highest BCUT2D eigenvalue weighted by Crippen LogP contribution is 2.31. The first-order chi connectivity index (χ1) is 7.81. The van der Waals surface area contributed by atoms with Gasteiger partial charge in [-0.1, -0.05) is 0 Å². The number of anilines is 2. The molecule has 0 atom stereocenters. The second-order valence-electron chi connectivity index (χ2n) is 3.76. The Morgan fingerprint density at radius 1 is 1.38 bits per heavy atom. The summed E-state index contributed by atoms with van der Waals surface area (Å²) in [5, 5.41) is 0. The summed E-state index contributed by atoms with van der Waals surface area (Å²) in [4.78, 5) is 2.25. The molecule has 0 aromatic heterocycles. The summed E-state index contributed by atoms with van der Waals surface area (Å²) < 4.78 is 10.9. The Morgan fingerprint density at radius 3 is 2.81 bits per heavy atom. The summed E-state index contributed by atoms with van der Waals surface area (Å²) in [6.45, 7) is 5.97. The molecule has 0 aliphatic carbocycles. The van der Waals surface area contributed by atoms with E-state index in [2.05, 4.69) is 4.90 Å². The normalized spacial score (nSPS) is 16.2. The minimum absolute atomic E-state index is 0.668. The molecular formula is C12H18N2O2. The van der Waals surface area contributed by atoms with Gasteiger partial charge in [-0.3, -0.25) is 0 Å². The van der Waals surface area contributed by atoms with E-state index in [9.17, 15) is 0 Å². The number of ether oxygens (including phenoxy) is 2. The number of nitrogens with two attached hydrogens (primary N) is 1. The highest BCUT2D eigenvalue weighted by atomic mass is 16.5. The molecule has 0 bridgehead atoms. The monoisotopic (exact) mass is 222 g/mol. The van der Waals surface area contributed by atoms with Crippen LogP contribution in [0, 0.1) is 0 Å². The van der Waals surface area contributed by atoms with Crippen molar-refractivity contribution in [2.24, 2.45) is 0 Å². The molecule has 0 spiro atoms. The van der Waals surface area contributed by atoms with Crippen molar-refractivity contribution in [3.05, 3.63) is 18.2 Å². The minimum Gasteiger partial charge on any atom is -0.492 e. The number of hydrogen-bond acceptors (Lipinski definition) is 4. The Balaban J connectivity index is 2.24. The van der Waals surface area contributed by atoms with Gasteiger partial charge >= 0.3 is 0 Å². The van der Waals surface area contributed by atoms with Crippen molar-refractivity contribution >= 4 is 11.4 Å². The molecule has 88 valence electrons. The maximum absolute atomic E-state index is 5.82. The zero-order chi connectivity index (χ0) is 11.4. The third-order valence-corrected chi connectivity index (χ3v) is 2.63. The van der Waals surface area contributed by atoms with Gasteiger partial charge in [0.2, 0.25) is 0 Å². The summed E-state index contributed by atoms with van der Waals surface area (Å²) in [6, 6.07) is 5.77. The molecule has 0 radical (unpaired) electrons. The van der Waals surface area contributed by atoms with Crippen molar-refractivity contribution in [2.75, 3.05) is 43.5 Å². The van der Waals surface area contributed by atoms with E-state index in [4.69, 9.17) is 15.2 Å². The van der Waals surface area contributed by atoms with E-state index in [0.717, 1.165) is 43.4 Å². The van der Waals surface area contributed by atoms with Gasteiger partial charge in [-0.2, -0.15) is 0 Å². The van der Waals surface area contributed by atoms with E-state index < -0.39 is 0 Å². The fourth-order valence-electron chi connectivity index (χ4n) is 1.86. The molecule has 0 saturated carbocycles. The van der Waals surface area contributed by atoms with Gasteiger partial charge in [-0.25, -0.2) is 0 Å². The van der Waals surface area contributed by atoms with E-state index in [1.807, 2.05) is 25.1 Å². The number of benzene rings is 1. The lowest BCUT2D eigenvalue weighted by Crippen LogP contribution is -2.36. The predicted octanol–water partition coefficient (Wildman–Crippen LogP) is 1.50. The van der Waals surface area contributed by atoms with Crippen molar-refractivity contribution in [3.63, 3.8) is 0 Å². The highest BCUT2D eigenvalue weighted by molar-refractivity contribution is 5.65. The van der Waals surface area contributed by atoms with Gasteiger partial charge < -0.3 is 20.1 Å². The van der Waals surface area contributed by atoms with Gasteiger partial charge in [0.1, 0.15) is 5.75 Å². The quantitative estimate of drug-likeness (QED) is 0.787. The minimum atomic E-state index is 0.668. The van der Waals surface area contributed by atoms with E-state index in [0.29, 0.717) is 6.61 Å². The Kier molecular flexibility index (Phi) is 3.51. The van der Waals surface area contributed by atoms with Gasteiger partial charge in [-0.05, 0) is 25.1 Å². The summed E-state index contributed by atoms with van der Waals surface area (Å²) in [7, 11) is 0. The van der Waals surface area contributed by atoms with E-state index in [-0.39, 0.29) is 0 Å². The Labute approximate surface area is 95.9 Å². The lowest BCUT2D eigenvalue weighted by atomic mass is 10.2. The molecule has 16 heavy (non-hydrogen) atoms. The smallest absolute Gasteiger partial charge is 0.142 e. The molecule has 1 heterocycles. The van der Waals surface area contributed by atoms with Crippen LogP contribution in [0.3, 0.4) is 0 Å². The first-order valence-corrected chi connectivity index (χ1v) is 5.66. The molecule has 1 fully saturated rings. The molecule has 1 aliphatic rings. The SMILES string of the molecule is CCOc1ccc(N)cc1N1CCOCC1. The fourth-order valence-corrected chi connectivity index (χ4v) is 1.86. The van der Waals surface area contributed by atoms with Crippen molar-refractivity contribution < 1.29 is 9.47 Å². The molecule has 1 aliphatic heterocycles. The molecule has 1 aromatic rings. The Hall–Kier alpha value is -1.42. The van der Waals surface area contributed by atoms with Crippen LogP contribution in [0.5, 0.6) is 5.75 Å². The van der Waals surface area contributed by atoms with Crippen LogP contribution in [0.4, 0.5) is 11.4 Å². The van der Waals surface area contributed by atoms with Crippen LogP contribution >= 0.6 is 0 Å². The lowest BCUT2D eigenvalue weighted by molar-refractivity contribution is 0.122. The molecule has 2 N–H and O–H groups in total. The van der Waals surface area contributed by atoms with E-state index in [1.165, 1.54) is 0 Å². The Bertz CT molecular complexity index is 349. The van der Waals surface area contributed by atoms with Crippen LogP contribution < -0.4 is 15.4 Å². The largest absolute Gasteiger partial charge is 0.492 e. The van der Waals surface area contributed by atoms with Crippen molar-refractivity contribution in [3.8, 4) is 5.75 Å². The van der Waals surface area contributed by atoms with E-state index >= 15 is 0 Å². The zero-order valence-electron chi connectivity index (χ0n) is 9.61. The molecular weight excluding hydrogens is 204 g/mol. The topological polar surface area (TPSA) is 47.7 Å². The average Bonchev–Trinajstić information content (AvgIpc) is 2.33. The number of nitrogen functional groups attached to an aromatic ring is 1. The summed E-state index contributed by atoms with van der Waals surface area (Å²) in [6.07, 6.45) is 0. The third kappa shape index (κ3) is 2.39. The van der Waals surface area contributed by atoms with Crippen LogP contribution in [0.1, 0.15) is 6.92 Å². The number of nitrogens with zero attached hydrogens (tertiary/aromatic N) is 1. The van der Waals surface area contributed by atoms with Gasteiger partial charge in [0, 0.05) is 18.8 Å². The number of rotatable bonds is 3.